The third-order valence-corrected chi connectivity index (χ3v) is 8.14. The number of hydroxylamine groups is 2. The van der Waals surface area contributed by atoms with E-state index in [2.05, 4.69) is 16.0 Å². The van der Waals surface area contributed by atoms with Gasteiger partial charge in [0.05, 0.1) is 43.9 Å². The summed E-state index contributed by atoms with van der Waals surface area (Å²) in [6.45, 7) is 1.77. The lowest BCUT2D eigenvalue weighted by Crippen LogP contribution is -2.69. The molecule has 0 spiro atoms. The fraction of sp³-hybridized carbons (Fsp3) is 0.885. The first-order chi connectivity index (χ1) is 20.9. The average Bonchev–Trinajstić information content (AvgIpc) is 2.97. The van der Waals surface area contributed by atoms with Gasteiger partial charge in [-0.25, -0.2) is 9.86 Å². The van der Waals surface area contributed by atoms with Crippen molar-refractivity contribution in [1.82, 2.24) is 21.0 Å². The maximum atomic E-state index is 12.7. The second-order valence-electron chi connectivity index (χ2n) is 11.7. The molecular formula is C26H52N8O10. The Morgan fingerprint density at radius 1 is 1.16 bits per heavy atom. The predicted molar refractivity (Wildman–Crippen MR) is 156 cm³/mol. The highest BCUT2D eigenvalue weighted by atomic mass is 16.7. The van der Waals surface area contributed by atoms with Gasteiger partial charge in [-0.15, -0.1) is 0 Å². The zero-order valence-electron chi connectivity index (χ0n) is 25.3. The summed E-state index contributed by atoms with van der Waals surface area (Å²) < 4.78 is 24.0. The summed E-state index contributed by atoms with van der Waals surface area (Å²) in [6.07, 6.45) is -5.58. The van der Waals surface area contributed by atoms with Crippen molar-refractivity contribution in [3.8, 4) is 0 Å². The number of rotatable bonds is 14. The van der Waals surface area contributed by atoms with Crippen molar-refractivity contribution in [1.29, 1.82) is 0 Å². The minimum Gasteiger partial charge on any atom is -0.467 e. The van der Waals surface area contributed by atoms with Gasteiger partial charge in [-0.1, -0.05) is 0 Å². The number of aliphatic hydroxyl groups is 4. The molecule has 16 N–H and O–H groups in total. The van der Waals surface area contributed by atoms with Crippen LogP contribution in [0.5, 0.6) is 0 Å². The topological polar surface area (TPSA) is 299 Å². The highest BCUT2D eigenvalue weighted by Gasteiger charge is 2.52. The smallest absolute Gasteiger partial charge is 0.341 e. The number of carbonyl (C=O) groups is 1. The first-order valence-corrected chi connectivity index (χ1v) is 14.9. The van der Waals surface area contributed by atoms with Crippen LogP contribution in [0.25, 0.3) is 0 Å². The molecule has 0 radical (unpaired) electrons. The molecule has 2 heterocycles. The predicted octanol–water partition coefficient (Wildman–Crippen LogP) is -5.11. The van der Waals surface area contributed by atoms with E-state index >= 15 is 0 Å². The van der Waals surface area contributed by atoms with Crippen LogP contribution in [-0.2, 0) is 18.9 Å². The number of hydrogen-bond donors (Lipinski definition) is 12. The highest BCUT2D eigenvalue weighted by molar-refractivity contribution is 5.73. The summed E-state index contributed by atoms with van der Waals surface area (Å²) >= 11 is 0. The molecule has 0 aromatic rings. The van der Waals surface area contributed by atoms with E-state index in [-0.39, 0.29) is 39.2 Å². The van der Waals surface area contributed by atoms with Crippen molar-refractivity contribution in [2.45, 2.75) is 99.1 Å². The van der Waals surface area contributed by atoms with Crippen molar-refractivity contribution < 1.29 is 49.4 Å². The van der Waals surface area contributed by atoms with Gasteiger partial charge in [0.15, 0.2) is 6.29 Å². The Morgan fingerprint density at radius 3 is 2.50 bits per heavy atom. The van der Waals surface area contributed by atoms with Crippen LogP contribution in [0.1, 0.15) is 26.2 Å². The molecule has 12 atom stereocenters. The summed E-state index contributed by atoms with van der Waals surface area (Å²) in [5.41, 5.74) is 21.9. The van der Waals surface area contributed by atoms with Crippen LogP contribution in [0, 0.1) is 0 Å². The third-order valence-electron chi connectivity index (χ3n) is 8.14. The molecule has 3 aliphatic rings. The van der Waals surface area contributed by atoms with Crippen LogP contribution in [0.4, 0.5) is 4.79 Å². The van der Waals surface area contributed by atoms with E-state index in [0.29, 0.717) is 30.2 Å². The van der Waals surface area contributed by atoms with Gasteiger partial charge in [-0.3, -0.25) is 5.21 Å². The van der Waals surface area contributed by atoms with Crippen LogP contribution in [0.15, 0.2) is 11.8 Å². The van der Waals surface area contributed by atoms with Crippen LogP contribution < -0.4 is 38.9 Å². The summed E-state index contributed by atoms with van der Waals surface area (Å²) in [7, 11) is 1.56. The number of nitrogens with one attached hydrogen (secondary N) is 3. The van der Waals surface area contributed by atoms with E-state index in [1.54, 1.807) is 13.1 Å². The summed E-state index contributed by atoms with van der Waals surface area (Å²) in [5.74, 6) is 0.471. The Balaban J connectivity index is 1.83. The van der Waals surface area contributed by atoms with Gasteiger partial charge in [0, 0.05) is 19.1 Å². The molecule has 18 nitrogen and oxygen atoms in total. The summed E-state index contributed by atoms with van der Waals surface area (Å²) in [4.78, 5) is 12.7. The number of hydrogen-bond acceptors (Lipinski definition) is 16. The molecule has 18 heteroatoms. The lowest BCUT2D eigenvalue weighted by Gasteiger charge is -2.49. The van der Waals surface area contributed by atoms with E-state index in [1.807, 2.05) is 0 Å². The molecule has 2 aliphatic heterocycles. The summed E-state index contributed by atoms with van der Waals surface area (Å²) in [6, 6.07) is -4.03. The second kappa shape index (κ2) is 16.7. The quantitative estimate of drug-likeness (QED) is 0.0627. The number of urea groups is 1. The Kier molecular flexibility index (Phi) is 13.9. The molecule has 256 valence electrons. The van der Waals surface area contributed by atoms with Gasteiger partial charge in [-0.2, -0.15) is 0 Å². The lowest BCUT2D eigenvalue weighted by molar-refractivity contribution is -0.304. The molecule has 2 amide bonds. The van der Waals surface area contributed by atoms with Crippen molar-refractivity contribution in [2.24, 2.45) is 22.9 Å². The second-order valence-corrected chi connectivity index (χ2v) is 11.7. The molecule has 44 heavy (non-hydrogen) atoms. The Bertz CT molecular complexity index is 935. The van der Waals surface area contributed by atoms with Crippen LogP contribution in [-0.4, -0.2) is 156 Å². The zero-order valence-corrected chi connectivity index (χ0v) is 25.3. The number of amides is 2. The normalized spacial score (nSPS) is 38.4. The number of carbonyl (C=O) groups excluding carboxylic acids is 1. The van der Waals surface area contributed by atoms with Gasteiger partial charge < -0.3 is 78.3 Å². The SMILES string of the molecule is CN[C@@H]1[C@@H](O)[C@@H](O[C@H]2[C@H](NC(=O)N(O)CCN)C[C@H](N)C(O[C@H]3OC(CN)=CC[C@H]3NCC(O)CCN)[C@@H]2O)OC[C@]1(C)O. The number of aliphatic hydroxyl groups excluding tert-OH is 3. The average molecular weight is 637 g/mol. The molecule has 0 bridgehead atoms. The van der Waals surface area contributed by atoms with Gasteiger partial charge in [0.2, 0.25) is 6.29 Å². The Morgan fingerprint density at radius 2 is 1.86 bits per heavy atom. The molecule has 0 aromatic heterocycles. The molecule has 1 saturated carbocycles. The minimum absolute atomic E-state index is 0.000909. The fourth-order valence-electron chi connectivity index (χ4n) is 5.73. The van der Waals surface area contributed by atoms with E-state index in [0.717, 1.165) is 0 Å². The van der Waals surface area contributed by atoms with E-state index < -0.39 is 78.9 Å². The standard InChI is InChI=1S/C26H52N8O10/c1-26(39)12-41-24(19(37)22(26)31-2)44-21-17(33-25(38)34(40)8-7-28)9-15(30)20(18(21)36)43-23-16(4-3-14(10-29)42-23)32-11-13(35)5-6-27/h3,13,15-24,31-32,35-37,39-40H,4-12,27-30H2,1-2H3,(H,33,38)/t13?,15-,16+,17+,18-,19+,20?,21-,22+,23+,24+,26-/m0/s1. The van der Waals surface area contributed by atoms with Gasteiger partial charge in [-0.05, 0) is 45.9 Å². The van der Waals surface area contributed by atoms with E-state index in [9.17, 15) is 30.4 Å². The molecular weight excluding hydrogens is 584 g/mol. The number of nitrogens with zero attached hydrogens (tertiary/aromatic N) is 1. The van der Waals surface area contributed by atoms with Gasteiger partial charge in [0.25, 0.3) is 0 Å². The monoisotopic (exact) mass is 636 g/mol. The lowest BCUT2D eigenvalue weighted by atomic mass is 9.83. The maximum Gasteiger partial charge on any atom is 0.341 e. The van der Waals surface area contributed by atoms with Crippen molar-refractivity contribution >= 4 is 6.03 Å². The van der Waals surface area contributed by atoms with Crippen LogP contribution in [0.2, 0.25) is 0 Å². The molecule has 2 unspecified atom stereocenters. The minimum atomic E-state index is -1.50. The number of likely N-dealkylation sites (N-methyl/N-ethyl adjacent to an activating group) is 1. The van der Waals surface area contributed by atoms with Gasteiger partial charge >= 0.3 is 6.03 Å². The Hall–Kier alpha value is -1.75. The van der Waals surface area contributed by atoms with E-state index in [1.165, 1.54) is 6.92 Å². The number of nitrogens with two attached hydrogens (primary N) is 4. The maximum absolute atomic E-state index is 12.7. The Labute approximate surface area is 256 Å². The van der Waals surface area contributed by atoms with Crippen molar-refractivity contribution in [2.75, 3.05) is 46.4 Å². The van der Waals surface area contributed by atoms with Crippen LogP contribution in [0.3, 0.4) is 0 Å². The van der Waals surface area contributed by atoms with Gasteiger partial charge in [0.1, 0.15) is 35.8 Å². The first kappa shape index (κ1) is 36.7. The largest absolute Gasteiger partial charge is 0.467 e. The number of ether oxygens (including phenoxy) is 4. The van der Waals surface area contributed by atoms with Crippen molar-refractivity contribution in [3.63, 3.8) is 0 Å². The molecule has 1 aliphatic carbocycles. The highest BCUT2D eigenvalue weighted by Crippen LogP contribution is 2.32. The van der Waals surface area contributed by atoms with Crippen molar-refractivity contribution in [3.05, 3.63) is 11.8 Å². The molecule has 1 saturated heterocycles. The summed E-state index contributed by atoms with van der Waals surface area (Å²) in [5, 5.41) is 62.6. The fourth-order valence-corrected chi connectivity index (χ4v) is 5.73. The molecule has 2 fully saturated rings. The zero-order chi connectivity index (χ0) is 32.6. The molecule has 0 aromatic carbocycles. The molecule has 3 rings (SSSR count). The first-order valence-electron chi connectivity index (χ1n) is 14.9. The third kappa shape index (κ3) is 9.17. The van der Waals surface area contributed by atoms with Crippen LogP contribution >= 0.6 is 0 Å². The van der Waals surface area contributed by atoms with E-state index in [4.69, 9.17) is 41.9 Å².